The molecule has 78 valence electrons. The minimum atomic E-state index is 0.183. The van der Waals surface area contributed by atoms with Gasteiger partial charge in [-0.2, -0.15) is 0 Å². The highest BCUT2D eigenvalue weighted by atomic mass is 16.5. The number of hydrogen-bond acceptors (Lipinski definition) is 3. The van der Waals surface area contributed by atoms with Crippen molar-refractivity contribution in [2.45, 2.75) is 45.8 Å². The highest BCUT2D eigenvalue weighted by Gasteiger charge is 2.18. The fourth-order valence-electron chi connectivity index (χ4n) is 1.41. The van der Waals surface area contributed by atoms with Crippen molar-refractivity contribution in [3.05, 3.63) is 12.2 Å². The molecule has 0 aliphatic carbocycles. The second-order valence-corrected chi connectivity index (χ2v) is 3.34. The van der Waals surface area contributed by atoms with Crippen LogP contribution in [-0.2, 0) is 4.74 Å². The van der Waals surface area contributed by atoms with Crippen molar-refractivity contribution >= 4 is 0 Å². The summed E-state index contributed by atoms with van der Waals surface area (Å²) < 4.78 is 5.56. The molecule has 0 amide bonds. The summed E-state index contributed by atoms with van der Waals surface area (Å²) >= 11 is 0. The lowest BCUT2D eigenvalue weighted by atomic mass is 10.0. The van der Waals surface area contributed by atoms with Crippen molar-refractivity contribution < 1.29 is 4.74 Å². The summed E-state index contributed by atoms with van der Waals surface area (Å²) in [5.41, 5.74) is 3.91. The van der Waals surface area contributed by atoms with E-state index in [4.69, 9.17) is 10.6 Å². The molecule has 0 saturated carbocycles. The molecule has 0 rings (SSSR count). The average molecular weight is 186 g/mol. The molecule has 3 heteroatoms. The first-order valence-corrected chi connectivity index (χ1v) is 4.87. The lowest BCUT2D eigenvalue weighted by molar-refractivity contribution is 0.0320. The van der Waals surface area contributed by atoms with Crippen LogP contribution in [0.25, 0.3) is 0 Å². The lowest BCUT2D eigenvalue weighted by Crippen LogP contribution is -2.45. The second-order valence-electron chi connectivity index (χ2n) is 3.34. The molecular weight excluding hydrogens is 164 g/mol. The monoisotopic (exact) mass is 186 g/mol. The van der Waals surface area contributed by atoms with Crippen molar-refractivity contribution in [2.24, 2.45) is 5.84 Å². The van der Waals surface area contributed by atoms with Gasteiger partial charge in [-0.3, -0.25) is 11.3 Å². The van der Waals surface area contributed by atoms with Crippen LogP contribution in [0.5, 0.6) is 0 Å². The Morgan fingerprint density at radius 2 is 2.15 bits per heavy atom. The van der Waals surface area contributed by atoms with E-state index in [1.807, 2.05) is 13.8 Å². The van der Waals surface area contributed by atoms with Crippen molar-refractivity contribution in [1.29, 1.82) is 0 Å². The second kappa shape index (κ2) is 7.06. The molecule has 0 aromatic carbocycles. The van der Waals surface area contributed by atoms with E-state index in [0.717, 1.165) is 25.0 Å². The Bertz CT molecular complexity index is 148. The molecule has 0 bridgehead atoms. The molecule has 0 fully saturated rings. The first kappa shape index (κ1) is 12.6. The van der Waals surface area contributed by atoms with Gasteiger partial charge >= 0.3 is 0 Å². The van der Waals surface area contributed by atoms with Gasteiger partial charge in [0, 0.05) is 6.61 Å². The molecule has 0 aromatic rings. The minimum absolute atomic E-state index is 0.183. The highest BCUT2D eigenvalue weighted by Crippen LogP contribution is 2.11. The normalized spacial score (nSPS) is 15.4. The van der Waals surface area contributed by atoms with Gasteiger partial charge in [-0.25, -0.2) is 0 Å². The Morgan fingerprint density at radius 1 is 1.54 bits per heavy atom. The topological polar surface area (TPSA) is 47.3 Å². The summed E-state index contributed by atoms with van der Waals surface area (Å²) in [6.45, 7) is 10.7. The average Bonchev–Trinajstić information content (AvgIpc) is 2.10. The Labute approximate surface area is 81.3 Å². The maximum absolute atomic E-state index is 5.56. The molecule has 0 radical (unpaired) electrons. The maximum atomic E-state index is 5.56. The molecule has 0 spiro atoms. The fourth-order valence-corrected chi connectivity index (χ4v) is 1.41. The number of ether oxygens (including phenoxy) is 1. The van der Waals surface area contributed by atoms with E-state index in [1.165, 1.54) is 0 Å². The summed E-state index contributed by atoms with van der Waals surface area (Å²) in [6.07, 6.45) is 2.03. The zero-order valence-electron chi connectivity index (χ0n) is 8.97. The SMILES string of the molecule is C=C(C)CC(NN)C(CC)OCC. The van der Waals surface area contributed by atoms with Gasteiger partial charge in [0.25, 0.3) is 0 Å². The predicted molar refractivity (Wildman–Crippen MR) is 56.2 cm³/mol. The minimum Gasteiger partial charge on any atom is -0.377 e. The first-order valence-electron chi connectivity index (χ1n) is 4.87. The standard InChI is InChI=1S/C10H22N2O/c1-5-10(13-6-2)9(12-11)7-8(3)4/h9-10,12H,3,5-7,11H2,1-2,4H3. The van der Waals surface area contributed by atoms with Crippen LogP contribution in [0.2, 0.25) is 0 Å². The number of hydrogen-bond donors (Lipinski definition) is 2. The van der Waals surface area contributed by atoms with E-state index in [2.05, 4.69) is 18.9 Å². The zero-order valence-corrected chi connectivity index (χ0v) is 8.97. The Kier molecular flexibility index (Phi) is 6.86. The summed E-state index contributed by atoms with van der Waals surface area (Å²) in [6, 6.07) is 0.183. The molecule has 0 aliphatic rings. The van der Waals surface area contributed by atoms with Crippen molar-refractivity contribution in [3.8, 4) is 0 Å². The quantitative estimate of drug-likeness (QED) is 0.361. The van der Waals surface area contributed by atoms with Crippen LogP contribution in [0, 0.1) is 0 Å². The van der Waals surface area contributed by atoms with Gasteiger partial charge < -0.3 is 4.74 Å². The van der Waals surface area contributed by atoms with Gasteiger partial charge in [0.2, 0.25) is 0 Å². The van der Waals surface area contributed by atoms with Crippen LogP contribution < -0.4 is 11.3 Å². The molecule has 0 saturated heterocycles. The number of rotatable bonds is 7. The van der Waals surface area contributed by atoms with Crippen molar-refractivity contribution in [1.82, 2.24) is 5.43 Å². The van der Waals surface area contributed by atoms with Crippen LogP contribution in [-0.4, -0.2) is 18.8 Å². The van der Waals surface area contributed by atoms with E-state index in [-0.39, 0.29) is 12.1 Å². The van der Waals surface area contributed by atoms with E-state index in [9.17, 15) is 0 Å². The first-order chi connectivity index (χ1) is 6.15. The molecule has 0 aliphatic heterocycles. The van der Waals surface area contributed by atoms with E-state index in [0.29, 0.717) is 0 Å². The molecule has 2 atom stereocenters. The summed E-state index contributed by atoms with van der Waals surface area (Å²) in [4.78, 5) is 0. The molecule has 0 heterocycles. The molecule has 13 heavy (non-hydrogen) atoms. The third-order valence-electron chi connectivity index (χ3n) is 2.01. The Balaban J connectivity index is 4.07. The molecule has 2 unspecified atom stereocenters. The third kappa shape index (κ3) is 5.03. The van der Waals surface area contributed by atoms with Crippen molar-refractivity contribution in [2.75, 3.05) is 6.61 Å². The number of nitrogens with two attached hydrogens (primary N) is 1. The van der Waals surface area contributed by atoms with E-state index in [1.54, 1.807) is 0 Å². The Hall–Kier alpha value is -0.380. The maximum Gasteiger partial charge on any atom is 0.0741 e. The van der Waals surface area contributed by atoms with Gasteiger partial charge in [-0.05, 0) is 26.7 Å². The van der Waals surface area contributed by atoms with Gasteiger partial charge in [0.1, 0.15) is 0 Å². The van der Waals surface area contributed by atoms with Gasteiger partial charge in [-0.1, -0.05) is 12.5 Å². The molecule has 3 N–H and O–H groups in total. The molecule has 0 aromatic heterocycles. The van der Waals surface area contributed by atoms with Crippen LogP contribution in [0.3, 0.4) is 0 Å². The number of nitrogens with one attached hydrogen (secondary N) is 1. The van der Waals surface area contributed by atoms with Gasteiger partial charge in [-0.15, -0.1) is 6.58 Å². The van der Waals surface area contributed by atoms with Crippen LogP contribution in [0.4, 0.5) is 0 Å². The van der Waals surface area contributed by atoms with Crippen molar-refractivity contribution in [3.63, 3.8) is 0 Å². The highest BCUT2D eigenvalue weighted by molar-refractivity contribution is 4.94. The summed E-state index contributed by atoms with van der Waals surface area (Å²) in [5.74, 6) is 5.46. The lowest BCUT2D eigenvalue weighted by Gasteiger charge is -2.25. The Morgan fingerprint density at radius 3 is 2.46 bits per heavy atom. The largest absolute Gasteiger partial charge is 0.377 e. The smallest absolute Gasteiger partial charge is 0.0741 e. The van der Waals surface area contributed by atoms with Crippen LogP contribution in [0.15, 0.2) is 12.2 Å². The zero-order chi connectivity index (χ0) is 10.3. The van der Waals surface area contributed by atoms with E-state index >= 15 is 0 Å². The van der Waals surface area contributed by atoms with Crippen LogP contribution >= 0.6 is 0 Å². The van der Waals surface area contributed by atoms with Crippen LogP contribution in [0.1, 0.15) is 33.6 Å². The predicted octanol–water partition coefficient (Wildman–Crippen LogP) is 1.60. The van der Waals surface area contributed by atoms with Gasteiger partial charge in [0.05, 0.1) is 12.1 Å². The molecule has 3 nitrogen and oxygen atoms in total. The summed E-state index contributed by atoms with van der Waals surface area (Å²) in [7, 11) is 0. The molecular formula is C10H22N2O. The van der Waals surface area contributed by atoms with Gasteiger partial charge in [0.15, 0.2) is 0 Å². The fraction of sp³-hybridized carbons (Fsp3) is 0.800. The summed E-state index contributed by atoms with van der Waals surface area (Å²) in [5, 5.41) is 0. The third-order valence-corrected chi connectivity index (χ3v) is 2.01. The number of hydrazine groups is 1. The van der Waals surface area contributed by atoms with E-state index < -0.39 is 0 Å².